The lowest BCUT2D eigenvalue weighted by Crippen LogP contribution is -2.28. The number of anilines is 1. The Balaban J connectivity index is 0.00000192. The van der Waals surface area contributed by atoms with Gasteiger partial charge in [0.05, 0.1) is 16.8 Å². The molecule has 0 aliphatic heterocycles. The minimum atomic E-state index is 0. The standard InChI is InChI=1S/C16H21N3O2S.ClH/c1-2-21-11-6-7-13-14(9-11)22-16(18-13)19-15(20)8-10-4-3-5-12(10)17;/h6-7,9-10,12H,2-5,8,17H2,1H3,(H,18,19,20);1H/t10-,12+;/m0./s1. The monoisotopic (exact) mass is 355 g/mol. The fourth-order valence-corrected chi connectivity index (χ4v) is 3.85. The lowest BCUT2D eigenvalue weighted by molar-refractivity contribution is -0.117. The van der Waals surface area contributed by atoms with E-state index in [9.17, 15) is 4.79 Å². The highest BCUT2D eigenvalue weighted by atomic mass is 35.5. The average Bonchev–Trinajstić information content (AvgIpc) is 3.05. The van der Waals surface area contributed by atoms with Gasteiger partial charge in [-0.05, 0) is 43.9 Å². The highest BCUT2D eigenvalue weighted by Gasteiger charge is 2.26. The molecule has 1 aliphatic carbocycles. The minimum Gasteiger partial charge on any atom is -0.494 e. The first-order valence-corrected chi connectivity index (χ1v) is 8.56. The summed E-state index contributed by atoms with van der Waals surface area (Å²) in [6, 6.07) is 5.93. The van der Waals surface area contributed by atoms with E-state index in [0.29, 0.717) is 24.1 Å². The summed E-state index contributed by atoms with van der Waals surface area (Å²) in [5.41, 5.74) is 6.90. The average molecular weight is 356 g/mol. The lowest BCUT2D eigenvalue weighted by atomic mass is 10.00. The van der Waals surface area contributed by atoms with Crippen LogP contribution in [0.15, 0.2) is 18.2 Å². The number of hydrogen-bond donors (Lipinski definition) is 2. The van der Waals surface area contributed by atoms with E-state index >= 15 is 0 Å². The second-order valence-electron chi connectivity index (χ2n) is 5.69. The lowest BCUT2D eigenvalue weighted by Gasteiger charge is -2.13. The van der Waals surface area contributed by atoms with Crippen molar-refractivity contribution in [1.82, 2.24) is 4.98 Å². The summed E-state index contributed by atoms with van der Waals surface area (Å²) in [5, 5.41) is 3.54. The van der Waals surface area contributed by atoms with Gasteiger partial charge in [-0.2, -0.15) is 0 Å². The van der Waals surface area contributed by atoms with Gasteiger partial charge in [0.15, 0.2) is 5.13 Å². The van der Waals surface area contributed by atoms with Crippen molar-refractivity contribution in [2.45, 2.75) is 38.6 Å². The number of nitrogens with one attached hydrogen (secondary N) is 1. The molecule has 0 radical (unpaired) electrons. The fraction of sp³-hybridized carbons (Fsp3) is 0.500. The molecule has 0 saturated heterocycles. The van der Waals surface area contributed by atoms with E-state index in [1.54, 1.807) is 0 Å². The van der Waals surface area contributed by atoms with Crippen LogP contribution in [0.2, 0.25) is 0 Å². The third kappa shape index (κ3) is 4.34. The van der Waals surface area contributed by atoms with Crippen molar-refractivity contribution in [2.24, 2.45) is 11.7 Å². The van der Waals surface area contributed by atoms with Crippen LogP contribution in [-0.2, 0) is 4.79 Å². The topological polar surface area (TPSA) is 77.2 Å². The van der Waals surface area contributed by atoms with E-state index in [4.69, 9.17) is 10.5 Å². The van der Waals surface area contributed by atoms with E-state index in [1.165, 1.54) is 11.3 Å². The van der Waals surface area contributed by atoms with Gasteiger partial charge in [0.25, 0.3) is 0 Å². The molecule has 1 fully saturated rings. The van der Waals surface area contributed by atoms with Crippen LogP contribution in [0.3, 0.4) is 0 Å². The van der Waals surface area contributed by atoms with Crippen LogP contribution < -0.4 is 15.8 Å². The maximum absolute atomic E-state index is 12.1. The number of benzene rings is 1. The maximum atomic E-state index is 12.1. The summed E-state index contributed by atoms with van der Waals surface area (Å²) in [5.74, 6) is 1.14. The molecule has 3 rings (SSSR count). The summed E-state index contributed by atoms with van der Waals surface area (Å²) in [4.78, 5) is 16.6. The van der Waals surface area contributed by atoms with Gasteiger partial charge in [0.2, 0.25) is 5.91 Å². The van der Waals surface area contributed by atoms with Crippen molar-refractivity contribution < 1.29 is 9.53 Å². The Morgan fingerprint density at radius 1 is 1.48 bits per heavy atom. The van der Waals surface area contributed by atoms with Gasteiger partial charge in [-0.1, -0.05) is 17.8 Å². The second kappa shape index (κ2) is 7.95. The van der Waals surface area contributed by atoms with Crippen molar-refractivity contribution in [3.8, 4) is 5.75 Å². The van der Waals surface area contributed by atoms with E-state index in [1.807, 2.05) is 25.1 Å². The summed E-state index contributed by atoms with van der Waals surface area (Å²) < 4.78 is 6.50. The number of carbonyl (C=O) groups is 1. The van der Waals surface area contributed by atoms with Crippen molar-refractivity contribution in [3.05, 3.63) is 18.2 Å². The minimum absolute atomic E-state index is 0. The molecule has 0 spiro atoms. The molecule has 7 heteroatoms. The number of nitrogens with zero attached hydrogens (tertiary/aromatic N) is 1. The van der Waals surface area contributed by atoms with Crippen LogP contribution in [0.4, 0.5) is 5.13 Å². The number of nitrogens with two attached hydrogens (primary N) is 1. The van der Waals surface area contributed by atoms with Gasteiger partial charge in [0.1, 0.15) is 5.75 Å². The first kappa shape index (κ1) is 18.0. The quantitative estimate of drug-likeness (QED) is 0.859. The SMILES string of the molecule is CCOc1ccc2nc(NC(=O)C[C@@H]3CCC[C@H]3N)sc2c1.Cl. The predicted octanol–water partition coefficient (Wildman–Crippen LogP) is 3.57. The Kier molecular flexibility index (Phi) is 6.21. The molecule has 1 saturated carbocycles. The van der Waals surface area contributed by atoms with Gasteiger partial charge >= 0.3 is 0 Å². The normalized spacial score (nSPS) is 20.3. The summed E-state index contributed by atoms with van der Waals surface area (Å²) >= 11 is 1.47. The Bertz CT molecular complexity index is 676. The molecule has 126 valence electrons. The number of thiazole rings is 1. The Labute approximate surface area is 146 Å². The Hall–Kier alpha value is -1.37. The Morgan fingerprint density at radius 2 is 2.30 bits per heavy atom. The molecule has 23 heavy (non-hydrogen) atoms. The van der Waals surface area contributed by atoms with Crippen LogP contribution in [0.25, 0.3) is 10.2 Å². The van der Waals surface area contributed by atoms with Gasteiger partial charge in [0, 0.05) is 12.5 Å². The number of aromatic nitrogens is 1. The van der Waals surface area contributed by atoms with E-state index < -0.39 is 0 Å². The van der Waals surface area contributed by atoms with E-state index in [2.05, 4.69) is 10.3 Å². The van der Waals surface area contributed by atoms with Crippen molar-refractivity contribution in [3.63, 3.8) is 0 Å². The van der Waals surface area contributed by atoms with E-state index in [0.717, 1.165) is 35.2 Å². The molecule has 5 nitrogen and oxygen atoms in total. The zero-order valence-electron chi connectivity index (χ0n) is 13.1. The smallest absolute Gasteiger partial charge is 0.226 e. The molecular formula is C16H22ClN3O2S. The zero-order valence-corrected chi connectivity index (χ0v) is 14.7. The highest BCUT2D eigenvalue weighted by Crippen LogP contribution is 2.30. The molecular weight excluding hydrogens is 334 g/mol. The zero-order chi connectivity index (χ0) is 15.5. The number of carbonyl (C=O) groups excluding carboxylic acids is 1. The number of amides is 1. The van der Waals surface area contributed by atoms with Crippen LogP contribution in [0.1, 0.15) is 32.6 Å². The van der Waals surface area contributed by atoms with Gasteiger partial charge in [-0.25, -0.2) is 4.98 Å². The predicted molar refractivity (Wildman–Crippen MR) is 96.6 cm³/mol. The molecule has 1 heterocycles. The molecule has 0 unspecified atom stereocenters. The molecule has 1 aliphatic rings. The molecule has 1 aromatic carbocycles. The van der Waals surface area contributed by atoms with Crippen molar-refractivity contribution in [1.29, 1.82) is 0 Å². The van der Waals surface area contributed by atoms with Gasteiger partial charge in [-0.3, -0.25) is 4.79 Å². The number of hydrogen-bond acceptors (Lipinski definition) is 5. The number of rotatable bonds is 5. The Morgan fingerprint density at radius 3 is 3.00 bits per heavy atom. The summed E-state index contributed by atoms with van der Waals surface area (Å²) in [6.07, 6.45) is 3.69. The molecule has 2 aromatic rings. The summed E-state index contributed by atoms with van der Waals surface area (Å²) in [6.45, 7) is 2.59. The van der Waals surface area contributed by atoms with Crippen molar-refractivity contribution >= 4 is 45.0 Å². The number of halogens is 1. The van der Waals surface area contributed by atoms with E-state index in [-0.39, 0.29) is 24.4 Å². The second-order valence-corrected chi connectivity index (χ2v) is 6.72. The molecule has 2 atom stereocenters. The third-order valence-corrected chi connectivity index (χ3v) is 5.02. The van der Waals surface area contributed by atoms with Crippen LogP contribution >= 0.6 is 23.7 Å². The third-order valence-electron chi connectivity index (χ3n) is 4.08. The first-order valence-electron chi connectivity index (χ1n) is 7.74. The number of fused-ring (bicyclic) bond motifs is 1. The molecule has 3 N–H and O–H groups in total. The maximum Gasteiger partial charge on any atom is 0.226 e. The van der Waals surface area contributed by atoms with Gasteiger partial charge < -0.3 is 15.8 Å². The summed E-state index contributed by atoms with van der Waals surface area (Å²) in [7, 11) is 0. The fourth-order valence-electron chi connectivity index (χ4n) is 2.94. The van der Waals surface area contributed by atoms with Crippen molar-refractivity contribution in [2.75, 3.05) is 11.9 Å². The highest BCUT2D eigenvalue weighted by molar-refractivity contribution is 7.22. The van der Waals surface area contributed by atoms with Crippen LogP contribution in [0.5, 0.6) is 5.75 Å². The first-order chi connectivity index (χ1) is 10.7. The largest absolute Gasteiger partial charge is 0.494 e. The molecule has 0 bridgehead atoms. The number of ether oxygens (including phenoxy) is 1. The van der Waals surface area contributed by atoms with Gasteiger partial charge in [-0.15, -0.1) is 12.4 Å². The van der Waals surface area contributed by atoms with Crippen LogP contribution in [0, 0.1) is 5.92 Å². The molecule has 1 aromatic heterocycles. The van der Waals surface area contributed by atoms with Crippen LogP contribution in [-0.4, -0.2) is 23.5 Å². The molecule has 1 amide bonds.